The van der Waals surface area contributed by atoms with Gasteiger partial charge in [0.05, 0.1) is 31.0 Å². The molecule has 2 aliphatic heterocycles. The summed E-state index contributed by atoms with van der Waals surface area (Å²) >= 11 is 3.48. The maximum atomic E-state index is 12.5. The molecule has 142 valence electrons. The molecule has 0 N–H and O–H groups in total. The second-order valence-electron chi connectivity index (χ2n) is 6.76. The Bertz CT molecular complexity index is 1050. The van der Waals surface area contributed by atoms with Gasteiger partial charge in [-0.05, 0) is 34.5 Å². The fourth-order valence-electron chi connectivity index (χ4n) is 3.85. The number of methoxy groups -OCH3 is 1. The number of nitrogens with zero attached hydrogens (tertiary/aromatic N) is 4. The maximum Gasteiger partial charge on any atom is 0.286 e. The molecule has 2 aliphatic rings. The van der Waals surface area contributed by atoms with Crippen molar-refractivity contribution in [3.63, 3.8) is 0 Å². The molecule has 0 aliphatic carbocycles. The molecule has 3 unspecified atom stereocenters. The molecule has 1 aromatic heterocycles. The van der Waals surface area contributed by atoms with Crippen LogP contribution >= 0.6 is 15.9 Å². The van der Waals surface area contributed by atoms with Crippen molar-refractivity contribution < 1.29 is 19.0 Å². The summed E-state index contributed by atoms with van der Waals surface area (Å²) in [5.41, 5.74) is 3.06. The smallest absolute Gasteiger partial charge is 0.286 e. The molecule has 7 nitrogen and oxygen atoms in total. The Hall–Kier alpha value is -2.71. The van der Waals surface area contributed by atoms with E-state index in [2.05, 4.69) is 43.2 Å². The first-order valence-corrected chi connectivity index (χ1v) is 9.76. The van der Waals surface area contributed by atoms with Crippen molar-refractivity contribution in [3.05, 3.63) is 64.3 Å². The average molecular weight is 441 g/mol. The van der Waals surface area contributed by atoms with Crippen LogP contribution in [0.25, 0.3) is 5.69 Å². The van der Waals surface area contributed by atoms with Crippen LogP contribution < -0.4 is 14.5 Å². The predicted octanol–water partition coefficient (Wildman–Crippen LogP) is 2.02. The summed E-state index contributed by atoms with van der Waals surface area (Å²) in [6, 6.07) is 15.9. The number of halogens is 1. The van der Waals surface area contributed by atoms with Crippen molar-refractivity contribution in [2.75, 3.05) is 20.2 Å². The third-order valence-corrected chi connectivity index (χ3v) is 5.75. The molecular weight excluding hydrogens is 424 g/mol. The van der Waals surface area contributed by atoms with Crippen molar-refractivity contribution >= 4 is 21.6 Å². The van der Waals surface area contributed by atoms with E-state index in [0.29, 0.717) is 12.2 Å². The van der Waals surface area contributed by atoms with E-state index in [4.69, 9.17) is 9.26 Å². The summed E-state index contributed by atoms with van der Waals surface area (Å²) in [7, 11) is 1.61. The van der Waals surface area contributed by atoms with Crippen LogP contribution in [0.4, 0.5) is 0 Å². The zero-order valence-electron chi connectivity index (χ0n) is 15.1. The molecule has 8 heteroatoms. The maximum absolute atomic E-state index is 12.5. The van der Waals surface area contributed by atoms with E-state index >= 15 is 0 Å². The minimum atomic E-state index is -0.474. The Kier molecular flexibility index (Phi) is 4.17. The lowest BCUT2D eigenvalue weighted by Gasteiger charge is -2.09. The van der Waals surface area contributed by atoms with Gasteiger partial charge in [0, 0.05) is 23.2 Å². The Balaban J connectivity index is 1.52. The fourth-order valence-corrected chi connectivity index (χ4v) is 4.11. The largest absolute Gasteiger partial charge is 0.539 e. The zero-order chi connectivity index (χ0) is 19.3. The minimum Gasteiger partial charge on any atom is -0.539 e. The number of benzene rings is 2. The highest BCUT2D eigenvalue weighted by Gasteiger charge is 2.55. The van der Waals surface area contributed by atoms with Crippen LogP contribution in [0.15, 0.2) is 62.5 Å². The Morgan fingerprint density at radius 1 is 1.14 bits per heavy atom. The lowest BCUT2D eigenvalue weighted by Crippen LogP contribution is -2.41. The molecule has 28 heavy (non-hydrogen) atoms. The van der Waals surface area contributed by atoms with E-state index in [-0.39, 0.29) is 12.1 Å². The topological polar surface area (TPSA) is 77.6 Å². The zero-order valence-corrected chi connectivity index (χ0v) is 16.7. The summed E-state index contributed by atoms with van der Waals surface area (Å²) in [6.45, 7) is 1.52. The van der Waals surface area contributed by atoms with E-state index in [1.165, 1.54) is 10.2 Å². The van der Waals surface area contributed by atoms with Crippen molar-refractivity contribution in [2.45, 2.75) is 12.1 Å². The van der Waals surface area contributed by atoms with Gasteiger partial charge in [-0.1, -0.05) is 28.1 Å². The third-order valence-electron chi connectivity index (χ3n) is 5.23. The van der Waals surface area contributed by atoms with Gasteiger partial charge in [-0.25, -0.2) is 0 Å². The van der Waals surface area contributed by atoms with Gasteiger partial charge in [0.2, 0.25) is 5.69 Å². The molecule has 1 fully saturated rings. The van der Waals surface area contributed by atoms with Gasteiger partial charge in [0.15, 0.2) is 5.95 Å². The molecule has 0 spiro atoms. The van der Waals surface area contributed by atoms with Crippen LogP contribution in [0.2, 0.25) is 0 Å². The predicted molar refractivity (Wildman–Crippen MR) is 103 cm³/mol. The van der Waals surface area contributed by atoms with Crippen molar-refractivity contribution in [1.82, 2.24) is 10.2 Å². The van der Waals surface area contributed by atoms with Crippen LogP contribution in [-0.2, 0) is 0 Å². The fraction of sp³-hybridized carbons (Fsp3) is 0.250. The second-order valence-corrected chi connectivity index (χ2v) is 7.68. The third kappa shape index (κ3) is 2.80. The van der Waals surface area contributed by atoms with E-state index in [1.54, 1.807) is 7.11 Å². The summed E-state index contributed by atoms with van der Waals surface area (Å²) in [6.07, 6.45) is 0. The van der Waals surface area contributed by atoms with Gasteiger partial charge < -0.3 is 14.4 Å². The summed E-state index contributed by atoms with van der Waals surface area (Å²) in [5, 5.41) is 16.5. The van der Waals surface area contributed by atoms with Crippen molar-refractivity contribution in [1.29, 1.82) is 0 Å². The molecular formula is C20H17BrN4O3. The standard InChI is InChI=1S/C20H17BrN4O3/c1-27-15-8-6-14(7-9-15)25-19(20(26)28-23-25)16-18-17(24(18)11-10-22-16)12-2-4-13(21)5-3-12/h2-9,17-18H,10-11H2,1H3. The van der Waals surface area contributed by atoms with Crippen LogP contribution in [0.1, 0.15) is 17.3 Å². The first-order valence-electron chi connectivity index (χ1n) is 8.97. The van der Waals surface area contributed by atoms with Gasteiger partial charge >= 0.3 is 0 Å². The van der Waals surface area contributed by atoms with E-state index in [0.717, 1.165) is 28.2 Å². The Morgan fingerprint density at radius 2 is 1.89 bits per heavy atom. The van der Waals surface area contributed by atoms with E-state index in [1.807, 2.05) is 36.4 Å². The first kappa shape index (κ1) is 17.4. The van der Waals surface area contributed by atoms with Crippen molar-refractivity contribution in [2.24, 2.45) is 4.99 Å². The lowest BCUT2D eigenvalue weighted by molar-refractivity contribution is -0.671. The highest BCUT2D eigenvalue weighted by molar-refractivity contribution is 9.10. The molecule has 0 saturated carbocycles. The number of aliphatic imine (C=N–C) groups is 1. The number of hydrogen-bond acceptors (Lipinski definition) is 6. The number of fused-ring (bicyclic) bond motifs is 1. The Labute approximate surface area is 170 Å². The van der Waals surface area contributed by atoms with Crippen LogP contribution in [0, 0.1) is 0 Å². The molecule has 1 saturated heterocycles. The highest BCUT2D eigenvalue weighted by atomic mass is 79.9. The summed E-state index contributed by atoms with van der Waals surface area (Å²) < 4.78 is 12.8. The molecule has 5 rings (SSSR count). The van der Waals surface area contributed by atoms with Gasteiger partial charge in [0.1, 0.15) is 11.5 Å². The van der Waals surface area contributed by atoms with Crippen LogP contribution in [-0.4, -0.2) is 42.1 Å². The molecule has 3 atom stereocenters. The summed E-state index contributed by atoms with van der Waals surface area (Å²) in [4.78, 5) is 7.03. The van der Waals surface area contributed by atoms with Gasteiger partial charge in [-0.3, -0.25) is 9.89 Å². The van der Waals surface area contributed by atoms with Gasteiger partial charge in [-0.2, -0.15) is 0 Å². The highest BCUT2D eigenvalue weighted by Crippen LogP contribution is 2.46. The number of hydrogen-bond donors (Lipinski definition) is 0. The first-order chi connectivity index (χ1) is 13.7. The molecule has 3 aromatic rings. The Morgan fingerprint density at radius 3 is 2.61 bits per heavy atom. The molecule has 0 radical (unpaired) electrons. The molecule has 0 amide bonds. The lowest BCUT2D eigenvalue weighted by atomic mass is 10.1. The molecule has 0 bridgehead atoms. The number of ether oxygens (including phenoxy) is 1. The monoisotopic (exact) mass is 440 g/mol. The van der Waals surface area contributed by atoms with Gasteiger partial charge in [-0.15, -0.1) is 0 Å². The molecule has 2 aromatic carbocycles. The SMILES string of the molecule is COc1ccc(-[n+]2noc([O-])c2C2=NCCN3C2C3c2ccc(Br)cc2)cc1. The minimum absolute atomic E-state index is 0.0616. The quantitative estimate of drug-likeness (QED) is 0.458. The average Bonchev–Trinajstić information content (AvgIpc) is 3.35. The van der Waals surface area contributed by atoms with Crippen LogP contribution in [0.3, 0.4) is 0 Å². The van der Waals surface area contributed by atoms with E-state index in [9.17, 15) is 5.11 Å². The van der Waals surface area contributed by atoms with E-state index < -0.39 is 5.95 Å². The molecule has 3 heterocycles. The second kappa shape index (κ2) is 6.72. The normalized spacial score (nSPS) is 23.1. The van der Waals surface area contributed by atoms with Crippen LogP contribution in [0.5, 0.6) is 11.7 Å². The number of aromatic nitrogens is 2. The number of rotatable bonds is 4. The van der Waals surface area contributed by atoms with Gasteiger partial charge in [0.25, 0.3) is 5.69 Å². The summed E-state index contributed by atoms with van der Waals surface area (Å²) in [5.74, 6) is 0.258. The van der Waals surface area contributed by atoms with Crippen molar-refractivity contribution in [3.8, 4) is 17.4 Å².